The highest BCUT2D eigenvalue weighted by molar-refractivity contribution is 7.71. The van der Waals surface area contributed by atoms with Gasteiger partial charge in [-0.2, -0.15) is 0 Å². The molecule has 1 N–H and O–H groups in total. The molecule has 1 aliphatic rings. The Labute approximate surface area is 82.2 Å². The second kappa shape index (κ2) is 3.87. The fraction of sp³-hybridized carbons (Fsp3) is 0.556. The minimum Gasteiger partial charge on any atom is -0.487 e. The van der Waals surface area contributed by atoms with E-state index in [4.69, 9.17) is 17.0 Å². The molecule has 0 unspecified atom stereocenters. The third kappa shape index (κ3) is 2.28. The summed E-state index contributed by atoms with van der Waals surface area (Å²) in [5.41, 5.74) is 0. The molecular weight excluding hydrogens is 184 g/mol. The van der Waals surface area contributed by atoms with E-state index in [0.717, 1.165) is 18.6 Å². The van der Waals surface area contributed by atoms with E-state index in [2.05, 4.69) is 9.97 Å². The molecule has 0 atom stereocenters. The Hall–Kier alpha value is -0.900. The van der Waals surface area contributed by atoms with Gasteiger partial charge in [0.25, 0.3) is 0 Å². The molecule has 0 spiro atoms. The van der Waals surface area contributed by atoms with Crippen LogP contribution in [0.1, 0.15) is 25.7 Å². The van der Waals surface area contributed by atoms with Gasteiger partial charge in [0, 0.05) is 6.20 Å². The van der Waals surface area contributed by atoms with Gasteiger partial charge >= 0.3 is 0 Å². The first-order chi connectivity index (χ1) is 6.34. The maximum Gasteiger partial charge on any atom is 0.196 e. The molecule has 0 aromatic carbocycles. The molecule has 0 amide bonds. The van der Waals surface area contributed by atoms with Crippen molar-refractivity contribution in [3.63, 3.8) is 0 Å². The van der Waals surface area contributed by atoms with Crippen LogP contribution < -0.4 is 4.74 Å². The number of ether oxygens (including phenoxy) is 1. The lowest BCUT2D eigenvalue weighted by molar-refractivity contribution is 0.208. The van der Waals surface area contributed by atoms with Crippen LogP contribution in [0.15, 0.2) is 12.4 Å². The molecule has 2 rings (SSSR count). The van der Waals surface area contributed by atoms with Crippen LogP contribution in [-0.4, -0.2) is 16.1 Å². The SMILES string of the molecule is S=c1ncc(OC2CCCC2)c[nH]1. The summed E-state index contributed by atoms with van der Waals surface area (Å²) in [6.45, 7) is 0. The van der Waals surface area contributed by atoms with Gasteiger partial charge in [-0.05, 0) is 37.9 Å². The zero-order valence-electron chi connectivity index (χ0n) is 7.32. The predicted octanol–water partition coefficient (Wildman–Crippen LogP) is 2.46. The zero-order chi connectivity index (χ0) is 9.10. The summed E-state index contributed by atoms with van der Waals surface area (Å²) in [5.74, 6) is 0.792. The Morgan fingerprint density at radius 3 is 2.85 bits per heavy atom. The Balaban J connectivity index is 2.00. The first-order valence-corrected chi connectivity index (χ1v) is 4.97. The highest BCUT2D eigenvalue weighted by Crippen LogP contribution is 2.22. The van der Waals surface area contributed by atoms with Gasteiger partial charge in [0.15, 0.2) is 10.5 Å². The van der Waals surface area contributed by atoms with Crippen LogP contribution in [0, 0.1) is 4.77 Å². The predicted molar refractivity (Wildman–Crippen MR) is 52.3 cm³/mol. The second-order valence-corrected chi connectivity index (χ2v) is 3.67. The number of nitrogens with one attached hydrogen (secondary N) is 1. The summed E-state index contributed by atoms with van der Waals surface area (Å²) < 4.78 is 6.19. The van der Waals surface area contributed by atoms with Gasteiger partial charge in [-0.1, -0.05) is 0 Å². The number of hydrogen-bond acceptors (Lipinski definition) is 3. The molecule has 4 heteroatoms. The van der Waals surface area contributed by atoms with Crippen LogP contribution in [0.3, 0.4) is 0 Å². The van der Waals surface area contributed by atoms with Gasteiger partial charge in [-0.3, -0.25) is 0 Å². The molecule has 1 saturated carbocycles. The molecule has 13 heavy (non-hydrogen) atoms. The average molecular weight is 196 g/mol. The minimum absolute atomic E-state index is 0.381. The summed E-state index contributed by atoms with van der Waals surface area (Å²) in [6.07, 6.45) is 8.71. The van der Waals surface area contributed by atoms with E-state index in [1.54, 1.807) is 12.4 Å². The number of hydrogen-bond donors (Lipinski definition) is 1. The Morgan fingerprint density at radius 1 is 1.46 bits per heavy atom. The van der Waals surface area contributed by atoms with Crippen molar-refractivity contribution in [2.24, 2.45) is 0 Å². The molecule has 1 heterocycles. The van der Waals surface area contributed by atoms with E-state index in [0.29, 0.717) is 10.9 Å². The van der Waals surface area contributed by atoms with Crippen LogP contribution in [-0.2, 0) is 0 Å². The van der Waals surface area contributed by atoms with Crippen molar-refractivity contribution in [2.75, 3.05) is 0 Å². The van der Waals surface area contributed by atoms with Crippen molar-refractivity contribution in [3.05, 3.63) is 17.2 Å². The van der Waals surface area contributed by atoms with Crippen LogP contribution in [0.5, 0.6) is 5.75 Å². The average Bonchev–Trinajstić information content (AvgIpc) is 2.62. The lowest BCUT2D eigenvalue weighted by atomic mass is 10.3. The van der Waals surface area contributed by atoms with E-state index >= 15 is 0 Å². The number of H-pyrrole nitrogens is 1. The van der Waals surface area contributed by atoms with E-state index < -0.39 is 0 Å². The van der Waals surface area contributed by atoms with E-state index in [9.17, 15) is 0 Å². The quantitative estimate of drug-likeness (QED) is 0.738. The topological polar surface area (TPSA) is 37.9 Å². The van der Waals surface area contributed by atoms with Gasteiger partial charge in [-0.15, -0.1) is 0 Å². The lowest BCUT2D eigenvalue weighted by Gasteiger charge is -2.11. The highest BCUT2D eigenvalue weighted by Gasteiger charge is 2.16. The second-order valence-electron chi connectivity index (χ2n) is 3.28. The summed E-state index contributed by atoms with van der Waals surface area (Å²) in [6, 6.07) is 0. The zero-order valence-corrected chi connectivity index (χ0v) is 8.14. The molecular formula is C9H12N2OS. The fourth-order valence-corrected chi connectivity index (χ4v) is 1.70. The normalized spacial score (nSPS) is 17.5. The Morgan fingerprint density at radius 2 is 2.23 bits per heavy atom. The van der Waals surface area contributed by atoms with Crippen LogP contribution in [0.25, 0.3) is 0 Å². The summed E-state index contributed by atoms with van der Waals surface area (Å²) >= 11 is 4.83. The smallest absolute Gasteiger partial charge is 0.196 e. The van der Waals surface area contributed by atoms with Crippen molar-refractivity contribution < 1.29 is 4.74 Å². The first-order valence-electron chi connectivity index (χ1n) is 4.56. The van der Waals surface area contributed by atoms with Crippen LogP contribution in [0.2, 0.25) is 0 Å². The van der Waals surface area contributed by atoms with E-state index in [1.807, 2.05) is 0 Å². The van der Waals surface area contributed by atoms with Crippen LogP contribution >= 0.6 is 12.2 Å². The van der Waals surface area contributed by atoms with Crippen molar-refractivity contribution >= 4 is 12.2 Å². The molecule has 1 aliphatic carbocycles. The van der Waals surface area contributed by atoms with Crippen molar-refractivity contribution in [1.29, 1.82) is 0 Å². The fourth-order valence-electron chi connectivity index (χ4n) is 1.59. The molecule has 3 nitrogen and oxygen atoms in total. The van der Waals surface area contributed by atoms with Gasteiger partial charge in [0.05, 0.1) is 12.3 Å². The van der Waals surface area contributed by atoms with E-state index in [-0.39, 0.29) is 0 Å². The Kier molecular flexibility index (Phi) is 2.59. The van der Waals surface area contributed by atoms with E-state index in [1.165, 1.54) is 12.8 Å². The number of aromatic amines is 1. The largest absolute Gasteiger partial charge is 0.487 e. The molecule has 70 valence electrons. The lowest BCUT2D eigenvalue weighted by Crippen LogP contribution is -2.11. The van der Waals surface area contributed by atoms with Gasteiger partial charge < -0.3 is 9.72 Å². The number of nitrogens with zero attached hydrogens (tertiary/aromatic N) is 1. The maximum atomic E-state index is 5.69. The molecule has 0 radical (unpaired) electrons. The molecule has 1 aromatic heterocycles. The van der Waals surface area contributed by atoms with Crippen molar-refractivity contribution in [2.45, 2.75) is 31.8 Å². The maximum absolute atomic E-state index is 5.69. The first kappa shape index (κ1) is 8.69. The number of aromatic nitrogens is 2. The molecule has 1 aromatic rings. The highest BCUT2D eigenvalue weighted by atomic mass is 32.1. The van der Waals surface area contributed by atoms with Crippen LogP contribution in [0.4, 0.5) is 0 Å². The van der Waals surface area contributed by atoms with Gasteiger partial charge in [0.2, 0.25) is 0 Å². The molecule has 1 fully saturated rings. The summed E-state index contributed by atoms with van der Waals surface area (Å²) in [5, 5.41) is 0. The van der Waals surface area contributed by atoms with Gasteiger partial charge in [0.1, 0.15) is 0 Å². The number of rotatable bonds is 2. The third-order valence-corrected chi connectivity index (χ3v) is 2.48. The third-order valence-electron chi connectivity index (χ3n) is 2.25. The molecule has 0 aliphatic heterocycles. The van der Waals surface area contributed by atoms with Crippen molar-refractivity contribution in [3.8, 4) is 5.75 Å². The van der Waals surface area contributed by atoms with Crippen molar-refractivity contribution in [1.82, 2.24) is 9.97 Å². The minimum atomic E-state index is 0.381. The molecule has 0 saturated heterocycles. The van der Waals surface area contributed by atoms with Gasteiger partial charge in [-0.25, -0.2) is 4.98 Å². The standard InChI is InChI=1S/C9H12N2OS/c13-9-10-5-8(6-11-9)12-7-3-1-2-4-7/h5-7H,1-4H2,(H,10,11,13). The monoisotopic (exact) mass is 196 g/mol. The summed E-state index contributed by atoms with van der Waals surface area (Å²) in [7, 11) is 0. The Bertz CT molecular complexity index is 310. The molecule has 0 bridgehead atoms. The summed E-state index contributed by atoms with van der Waals surface area (Å²) in [4.78, 5) is 6.81.